The number of pyridine rings is 1. The van der Waals surface area contributed by atoms with E-state index < -0.39 is 11.7 Å². The van der Waals surface area contributed by atoms with E-state index in [1.54, 1.807) is 24.3 Å². The standard InChI is InChI=1S/C15H13ClF3N3O2/c16-12-6-10(15(17,18)19)7-21-13(12)8-24-11-3-1-9(2-4-11)5-14(20)22-23/h1-4,6-7,23H,5,8H2,(H2,20,22). The van der Waals surface area contributed by atoms with Crippen LogP contribution in [0.2, 0.25) is 5.02 Å². The van der Waals surface area contributed by atoms with Gasteiger partial charge in [0.2, 0.25) is 0 Å². The lowest BCUT2D eigenvalue weighted by molar-refractivity contribution is -0.137. The lowest BCUT2D eigenvalue weighted by Crippen LogP contribution is -2.14. The number of rotatable bonds is 5. The summed E-state index contributed by atoms with van der Waals surface area (Å²) in [5, 5.41) is 11.3. The number of amidine groups is 1. The molecule has 3 N–H and O–H groups in total. The molecule has 24 heavy (non-hydrogen) atoms. The fourth-order valence-electron chi connectivity index (χ4n) is 1.83. The second-order valence-electron chi connectivity index (χ2n) is 4.85. The van der Waals surface area contributed by atoms with Crippen molar-refractivity contribution in [2.75, 3.05) is 0 Å². The van der Waals surface area contributed by atoms with Crippen LogP contribution in [0.4, 0.5) is 13.2 Å². The minimum atomic E-state index is -4.49. The lowest BCUT2D eigenvalue weighted by atomic mass is 10.1. The monoisotopic (exact) mass is 359 g/mol. The number of nitrogens with two attached hydrogens (primary N) is 1. The van der Waals surface area contributed by atoms with Crippen LogP contribution in [-0.4, -0.2) is 16.0 Å². The maximum atomic E-state index is 12.5. The number of hydrogen-bond donors (Lipinski definition) is 2. The van der Waals surface area contributed by atoms with Crippen LogP contribution in [0.15, 0.2) is 41.7 Å². The molecule has 0 spiro atoms. The van der Waals surface area contributed by atoms with E-state index in [2.05, 4.69) is 10.1 Å². The van der Waals surface area contributed by atoms with E-state index >= 15 is 0 Å². The molecule has 0 saturated heterocycles. The largest absolute Gasteiger partial charge is 0.487 e. The molecule has 0 aliphatic heterocycles. The minimum absolute atomic E-state index is 0.0729. The molecule has 1 heterocycles. The van der Waals surface area contributed by atoms with Gasteiger partial charge >= 0.3 is 6.18 Å². The van der Waals surface area contributed by atoms with Gasteiger partial charge < -0.3 is 15.7 Å². The number of nitrogens with zero attached hydrogens (tertiary/aromatic N) is 2. The third-order valence-electron chi connectivity index (χ3n) is 3.06. The molecule has 0 aliphatic carbocycles. The Labute approximate surface area is 140 Å². The molecule has 0 saturated carbocycles. The van der Waals surface area contributed by atoms with E-state index in [1.807, 2.05) is 0 Å². The molecule has 0 fully saturated rings. The van der Waals surface area contributed by atoms with E-state index in [0.717, 1.165) is 11.6 Å². The van der Waals surface area contributed by atoms with Gasteiger partial charge in [-0.25, -0.2) is 0 Å². The first-order chi connectivity index (χ1) is 11.3. The quantitative estimate of drug-likeness (QED) is 0.370. The first-order valence-electron chi connectivity index (χ1n) is 6.69. The summed E-state index contributed by atoms with van der Waals surface area (Å²) in [6.45, 7) is -0.0729. The second-order valence-corrected chi connectivity index (χ2v) is 5.26. The molecule has 9 heteroatoms. The van der Waals surface area contributed by atoms with Gasteiger partial charge in [0.25, 0.3) is 0 Å². The number of oxime groups is 1. The lowest BCUT2D eigenvalue weighted by Gasteiger charge is -2.10. The molecule has 0 radical (unpaired) electrons. The van der Waals surface area contributed by atoms with Crippen LogP contribution in [-0.2, 0) is 19.2 Å². The molecule has 128 valence electrons. The number of halogens is 4. The van der Waals surface area contributed by atoms with Crippen molar-refractivity contribution in [3.05, 3.63) is 58.4 Å². The normalized spacial score (nSPS) is 12.2. The van der Waals surface area contributed by atoms with Crippen molar-refractivity contribution in [3.63, 3.8) is 0 Å². The summed E-state index contributed by atoms with van der Waals surface area (Å²) in [6.07, 6.45) is -3.50. The number of benzene rings is 1. The van der Waals surface area contributed by atoms with Crippen LogP contribution in [0.25, 0.3) is 0 Å². The maximum Gasteiger partial charge on any atom is 0.417 e. The van der Waals surface area contributed by atoms with Crippen LogP contribution in [0.1, 0.15) is 16.8 Å². The van der Waals surface area contributed by atoms with Crippen LogP contribution in [0.5, 0.6) is 5.75 Å². The first kappa shape index (κ1) is 17.9. The molecule has 1 aromatic carbocycles. The molecule has 0 amide bonds. The molecule has 0 atom stereocenters. The smallest absolute Gasteiger partial charge is 0.417 e. The molecular formula is C15H13ClF3N3O2. The van der Waals surface area contributed by atoms with Crippen molar-refractivity contribution >= 4 is 17.4 Å². The number of alkyl halides is 3. The Morgan fingerprint density at radius 2 is 1.96 bits per heavy atom. The Balaban J connectivity index is 2.01. The zero-order valence-corrected chi connectivity index (χ0v) is 13.0. The average Bonchev–Trinajstić information content (AvgIpc) is 2.54. The van der Waals surface area contributed by atoms with Gasteiger partial charge in [0.05, 0.1) is 16.3 Å². The van der Waals surface area contributed by atoms with Gasteiger partial charge in [-0.2, -0.15) is 13.2 Å². The van der Waals surface area contributed by atoms with Gasteiger partial charge in [-0.05, 0) is 23.8 Å². The SMILES string of the molecule is N/C(Cc1ccc(OCc2ncc(C(F)(F)F)cc2Cl)cc1)=N\O. The van der Waals surface area contributed by atoms with Crippen molar-refractivity contribution in [2.24, 2.45) is 10.9 Å². The maximum absolute atomic E-state index is 12.5. The zero-order chi connectivity index (χ0) is 17.7. The fourth-order valence-corrected chi connectivity index (χ4v) is 2.05. The zero-order valence-electron chi connectivity index (χ0n) is 12.2. The van der Waals surface area contributed by atoms with Gasteiger partial charge in [0.1, 0.15) is 18.2 Å². The predicted octanol–water partition coefficient (Wildman–Crippen LogP) is 3.62. The highest BCUT2D eigenvalue weighted by Crippen LogP contribution is 2.31. The van der Waals surface area contributed by atoms with Gasteiger partial charge in [-0.3, -0.25) is 4.98 Å². The van der Waals surface area contributed by atoms with E-state index in [-0.39, 0.29) is 29.6 Å². The van der Waals surface area contributed by atoms with Crippen LogP contribution in [0.3, 0.4) is 0 Å². The Hall–Kier alpha value is -2.48. The summed E-state index contributed by atoms with van der Waals surface area (Å²) in [7, 11) is 0. The van der Waals surface area contributed by atoms with E-state index in [0.29, 0.717) is 11.9 Å². The third-order valence-corrected chi connectivity index (χ3v) is 3.38. The predicted molar refractivity (Wildman–Crippen MR) is 82.1 cm³/mol. The number of hydrogen-bond acceptors (Lipinski definition) is 4. The van der Waals surface area contributed by atoms with Gasteiger partial charge in [-0.1, -0.05) is 28.9 Å². The summed E-state index contributed by atoms with van der Waals surface area (Å²) in [5.41, 5.74) is 5.50. The summed E-state index contributed by atoms with van der Waals surface area (Å²) in [4.78, 5) is 3.69. The van der Waals surface area contributed by atoms with Crippen LogP contribution in [0, 0.1) is 0 Å². The molecule has 0 aliphatic rings. The van der Waals surface area contributed by atoms with Crippen molar-refractivity contribution in [1.82, 2.24) is 4.98 Å². The summed E-state index contributed by atoms with van der Waals surface area (Å²) in [5.74, 6) is 0.556. The Kier molecular flexibility index (Phi) is 5.50. The van der Waals surface area contributed by atoms with Crippen molar-refractivity contribution in [3.8, 4) is 5.75 Å². The highest BCUT2D eigenvalue weighted by Gasteiger charge is 2.31. The van der Waals surface area contributed by atoms with Crippen molar-refractivity contribution in [1.29, 1.82) is 0 Å². The van der Waals surface area contributed by atoms with Crippen molar-refractivity contribution in [2.45, 2.75) is 19.2 Å². The van der Waals surface area contributed by atoms with Crippen molar-refractivity contribution < 1.29 is 23.1 Å². The molecule has 2 aromatic rings. The van der Waals surface area contributed by atoms with E-state index in [4.69, 9.17) is 27.3 Å². The van der Waals surface area contributed by atoms with Gasteiger partial charge in [0.15, 0.2) is 0 Å². The van der Waals surface area contributed by atoms with Crippen LogP contribution < -0.4 is 10.5 Å². The topological polar surface area (TPSA) is 80.7 Å². The number of aromatic nitrogens is 1. The van der Waals surface area contributed by atoms with E-state index in [1.165, 1.54) is 0 Å². The Morgan fingerprint density at radius 1 is 1.29 bits per heavy atom. The van der Waals surface area contributed by atoms with Crippen LogP contribution >= 0.6 is 11.6 Å². The Morgan fingerprint density at radius 3 is 2.50 bits per heavy atom. The number of ether oxygens (including phenoxy) is 1. The highest BCUT2D eigenvalue weighted by molar-refractivity contribution is 6.31. The second kappa shape index (κ2) is 7.39. The highest BCUT2D eigenvalue weighted by atomic mass is 35.5. The van der Waals surface area contributed by atoms with Gasteiger partial charge in [-0.15, -0.1) is 0 Å². The Bertz CT molecular complexity index is 734. The average molecular weight is 360 g/mol. The molecular weight excluding hydrogens is 347 g/mol. The minimum Gasteiger partial charge on any atom is -0.487 e. The molecule has 5 nitrogen and oxygen atoms in total. The summed E-state index contributed by atoms with van der Waals surface area (Å²) < 4.78 is 43.1. The third kappa shape index (κ3) is 4.76. The summed E-state index contributed by atoms with van der Waals surface area (Å²) in [6, 6.07) is 7.55. The van der Waals surface area contributed by atoms with Gasteiger partial charge in [0, 0.05) is 12.6 Å². The molecule has 2 rings (SSSR count). The fraction of sp³-hybridized carbons (Fsp3) is 0.200. The molecule has 0 unspecified atom stereocenters. The van der Waals surface area contributed by atoms with E-state index in [9.17, 15) is 13.2 Å². The molecule has 1 aromatic heterocycles. The first-order valence-corrected chi connectivity index (χ1v) is 7.07. The molecule has 0 bridgehead atoms. The summed E-state index contributed by atoms with van der Waals surface area (Å²) >= 11 is 5.81.